The molecule has 1 saturated heterocycles. The Morgan fingerprint density at radius 3 is 2.38 bits per heavy atom. The van der Waals surface area contributed by atoms with Crippen LogP contribution in [0.2, 0.25) is 0 Å². The van der Waals surface area contributed by atoms with Crippen LogP contribution in [0.25, 0.3) is 10.9 Å². The van der Waals surface area contributed by atoms with Gasteiger partial charge in [-0.05, 0) is 36.8 Å². The standard InChI is InChI=1S/C21H22F2N4O2.CH2O2/c1-2-27-20(28)16-5-3-14(11-18(16)24-21(27)29)13-25-7-9-26(10-8-25)19-6-4-15(22)12-17(19)23;2-1-3/h3-6,11-12H,2,7-10,13H2,1H3,(H,24,29);1H,(H,2,3). The number of rotatable bonds is 4. The Hall–Kier alpha value is -3.53. The van der Waals surface area contributed by atoms with Crippen molar-refractivity contribution in [3.63, 3.8) is 0 Å². The molecule has 0 bridgehead atoms. The molecule has 0 atom stereocenters. The summed E-state index contributed by atoms with van der Waals surface area (Å²) in [6.45, 7) is 5.21. The summed E-state index contributed by atoms with van der Waals surface area (Å²) in [5.41, 5.74) is 1.25. The topological polar surface area (TPSA) is 98.6 Å². The molecule has 32 heavy (non-hydrogen) atoms. The van der Waals surface area contributed by atoms with E-state index in [0.717, 1.165) is 24.7 Å². The molecule has 2 aromatic carbocycles. The summed E-state index contributed by atoms with van der Waals surface area (Å²) < 4.78 is 28.3. The Kier molecular flexibility index (Phi) is 7.37. The molecule has 10 heteroatoms. The van der Waals surface area contributed by atoms with Gasteiger partial charge in [-0.3, -0.25) is 19.1 Å². The Balaban J connectivity index is 0.000000913. The first-order valence-corrected chi connectivity index (χ1v) is 10.1. The number of piperazine rings is 1. The Bertz CT molecular complexity index is 1220. The maximum absolute atomic E-state index is 14.0. The van der Waals surface area contributed by atoms with Gasteiger partial charge in [-0.2, -0.15) is 0 Å². The summed E-state index contributed by atoms with van der Waals surface area (Å²) in [7, 11) is 0. The highest BCUT2D eigenvalue weighted by atomic mass is 19.1. The average molecular weight is 446 g/mol. The first-order valence-electron chi connectivity index (χ1n) is 10.1. The highest BCUT2D eigenvalue weighted by molar-refractivity contribution is 5.77. The summed E-state index contributed by atoms with van der Waals surface area (Å²) in [6.07, 6.45) is 0. The van der Waals surface area contributed by atoms with Crippen LogP contribution in [0.1, 0.15) is 12.5 Å². The number of halogens is 2. The van der Waals surface area contributed by atoms with Crippen LogP contribution >= 0.6 is 0 Å². The fraction of sp³-hybridized carbons (Fsp3) is 0.318. The van der Waals surface area contributed by atoms with Crippen molar-refractivity contribution in [2.24, 2.45) is 0 Å². The summed E-state index contributed by atoms with van der Waals surface area (Å²) in [4.78, 5) is 39.7. The minimum absolute atomic E-state index is 0.250. The van der Waals surface area contributed by atoms with E-state index in [0.29, 0.717) is 42.8 Å². The molecule has 1 fully saturated rings. The van der Waals surface area contributed by atoms with E-state index >= 15 is 0 Å². The third-order valence-electron chi connectivity index (χ3n) is 5.39. The first-order chi connectivity index (χ1) is 15.4. The van der Waals surface area contributed by atoms with Gasteiger partial charge in [0, 0.05) is 45.3 Å². The van der Waals surface area contributed by atoms with Crippen LogP contribution in [0.3, 0.4) is 0 Å². The third kappa shape index (κ3) is 5.02. The SMILES string of the molecule is CCn1c(=O)[nH]c2cc(CN3CCN(c4ccc(F)cc4F)CC3)ccc2c1=O.O=CO. The second kappa shape index (κ2) is 10.2. The predicted molar refractivity (Wildman–Crippen MR) is 117 cm³/mol. The fourth-order valence-electron chi connectivity index (χ4n) is 3.83. The van der Waals surface area contributed by atoms with Crippen molar-refractivity contribution in [1.82, 2.24) is 14.5 Å². The van der Waals surface area contributed by atoms with Gasteiger partial charge < -0.3 is 15.0 Å². The lowest BCUT2D eigenvalue weighted by Crippen LogP contribution is -2.46. The van der Waals surface area contributed by atoms with Crippen molar-refractivity contribution in [1.29, 1.82) is 0 Å². The van der Waals surface area contributed by atoms with Crippen molar-refractivity contribution in [2.45, 2.75) is 20.0 Å². The van der Waals surface area contributed by atoms with Crippen LogP contribution in [0, 0.1) is 11.6 Å². The van der Waals surface area contributed by atoms with Crippen LogP contribution in [-0.2, 0) is 17.9 Å². The molecule has 8 nitrogen and oxygen atoms in total. The van der Waals surface area contributed by atoms with E-state index in [9.17, 15) is 18.4 Å². The van der Waals surface area contributed by atoms with Crippen molar-refractivity contribution in [3.8, 4) is 0 Å². The number of benzene rings is 2. The van der Waals surface area contributed by atoms with E-state index in [1.165, 1.54) is 16.7 Å². The second-order valence-electron chi connectivity index (χ2n) is 7.32. The van der Waals surface area contributed by atoms with Gasteiger partial charge in [0.2, 0.25) is 0 Å². The van der Waals surface area contributed by atoms with Gasteiger partial charge in [-0.1, -0.05) is 6.07 Å². The van der Waals surface area contributed by atoms with E-state index in [-0.39, 0.29) is 12.0 Å². The van der Waals surface area contributed by atoms with Gasteiger partial charge in [0.15, 0.2) is 0 Å². The number of nitrogens with one attached hydrogen (secondary N) is 1. The maximum atomic E-state index is 14.0. The number of anilines is 1. The van der Waals surface area contributed by atoms with Crippen molar-refractivity contribution < 1.29 is 18.7 Å². The zero-order valence-corrected chi connectivity index (χ0v) is 17.6. The highest BCUT2D eigenvalue weighted by Crippen LogP contribution is 2.22. The van der Waals surface area contributed by atoms with E-state index in [4.69, 9.17) is 9.90 Å². The van der Waals surface area contributed by atoms with Crippen LogP contribution in [0.15, 0.2) is 46.0 Å². The molecule has 1 aliphatic rings. The van der Waals surface area contributed by atoms with E-state index in [1.807, 2.05) is 17.0 Å². The zero-order valence-electron chi connectivity index (χ0n) is 17.6. The molecular formula is C22H24F2N4O4. The van der Waals surface area contributed by atoms with Gasteiger partial charge in [0.25, 0.3) is 12.0 Å². The molecule has 0 unspecified atom stereocenters. The lowest BCUT2D eigenvalue weighted by Gasteiger charge is -2.36. The van der Waals surface area contributed by atoms with Crippen molar-refractivity contribution in [3.05, 3.63) is 74.4 Å². The zero-order chi connectivity index (χ0) is 23.3. The summed E-state index contributed by atoms with van der Waals surface area (Å²) in [5, 5.41) is 7.38. The van der Waals surface area contributed by atoms with Gasteiger partial charge in [0.1, 0.15) is 11.6 Å². The Labute approximate surface area is 182 Å². The predicted octanol–water partition coefficient (Wildman–Crippen LogP) is 2.01. The number of aromatic amines is 1. The fourth-order valence-corrected chi connectivity index (χ4v) is 3.83. The molecule has 1 aromatic heterocycles. The average Bonchev–Trinajstić information content (AvgIpc) is 2.75. The summed E-state index contributed by atoms with van der Waals surface area (Å²) in [5.74, 6) is -1.13. The number of carbonyl (C=O) groups is 1. The lowest BCUT2D eigenvalue weighted by molar-refractivity contribution is -0.122. The number of fused-ring (bicyclic) bond motifs is 1. The number of hydrogen-bond donors (Lipinski definition) is 2. The Morgan fingerprint density at radius 2 is 1.75 bits per heavy atom. The number of H-pyrrole nitrogens is 1. The second-order valence-corrected chi connectivity index (χ2v) is 7.32. The number of aromatic nitrogens is 2. The summed E-state index contributed by atoms with van der Waals surface area (Å²) in [6, 6.07) is 9.14. The normalized spacial score (nSPS) is 14.2. The molecule has 4 rings (SSSR count). The number of carboxylic acid groups (broad SMARTS) is 1. The molecule has 0 saturated carbocycles. The molecule has 0 radical (unpaired) electrons. The maximum Gasteiger partial charge on any atom is 0.328 e. The van der Waals surface area contributed by atoms with Crippen molar-refractivity contribution in [2.75, 3.05) is 31.1 Å². The summed E-state index contributed by atoms with van der Waals surface area (Å²) >= 11 is 0. The molecule has 2 heterocycles. The molecule has 170 valence electrons. The monoisotopic (exact) mass is 446 g/mol. The quantitative estimate of drug-likeness (QED) is 0.595. The first kappa shape index (κ1) is 23.1. The van der Waals surface area contributed by atoms with Crippen LogP contribution in [0.5, 0.6) is 0 Å². The Morgan fingerprint density at radius 1 is 1.06 bits per heavy atom. The minimum Gasteiger partial charge on any atom is -0.483 e. The van der Waals surface area contributed by atoms with E-state index in [1.54, 1.807) is 13.0 Å². The highest BCUT2D eigenvalue weighted by Gasteiger charge is 2.20. The molecule has 3 aromatic rings. The largest absolute Gasteiger partial charge is 0.483 e. The van der Waals surface area contributed by atoms with Gasteiger partial charge in [-0.15, -0.1) is 0 Å². The molecule has 2 N–H and O–H groups in total. The molecule has 0 spiro atoms. The van der Waals surface area contributed by atoms with Gasteiger partial charge in [0.05, 0.1) is 16.6 Å². The molecule has 1 aliphatic heterocycles. The van der Waals surface area contributed by atoms with Crippen molar-refractivity contribution >= 4 is 23.1 Å². The number of hydrogen-bond acceptors (Lipinski definition) is 5. The molecule has 0 aliphatic carbocycles. The van der Waals surface area contributed by atoms with E-state index < -0.39 is 17.3 Å². The molecular weight excluding hydrogens is 422 g/mol. The van der Waals surface area contributed by atoms with Crippen LogP contribution < -0.4 is 16.1 Å². The van der Waals surface area contributed by atoms with Crippen LogP contribution in [0.4, 0.5) is 14.5 Å². The van der Waals surface area contributed by atoms with E-state index in [2.05, 4.69) is 9.88 Å². The molecule has 0 amide bonds. The third-order valence-corrected chi connectivity index (χ3v) is 5.39. The lowest BCUT2D eigenvalue weighted by atomic mass is 10.1. The van der Waals surface area contributed by atoms with Gasteiger partial charge >= 0.3 is 5.69 Å². The van der Waals surface area contributed by atoms with Crippen LogP contribution in [-0.4, -0.2) is 52.2 Å². The smallest absolute Gasteiger partial charge is 0.328 e. The van der Waals surface area contributed by atoms with Gasteiger partial charge in [-0.25, -0.2) is 13.6 Å². The number of nitrogens with zero attached hydrogens (tertiary/aromatic N) is 3. The minimum atomic E-state index is -0.579.